The smallest absolute Gasteiger partial charge is 0.269 e. The molecule has 0 aromatic heterocycles. The van der Waals surface area contributed by atoms with Gasteiger partial charge in [-0.15, -0.1) is 0 Å². The Kier molecular flexibility index (Phi) is 8.11. The highest BCUT2D eigenvalue weighted by atomic mass is 16.6. The number of nitro benzene ring substituents is 1. The fourth-order valence-corrected chi connectivity index (χ4v) is 2.74. The monoisotopic (exact) mass is 400 g/mol. The molecule has 154 valence electrons. The average molecular weight is 400 g/mol. The van der Waals surface area contributed by atoms with Crippen molar-refractivity contribution >= 4 is 28.9 Å². The molecule has 0 saturated carbocycles. The summed E-state index contributed by atoms with van der Waals surface area (Å²) in [6, 6.07) is 12.7. The lowest BCUT2D eigenvalue weighted by Gasteiger charge is -2.21. The molecule has 0 aliphatic heterocycles. The van der Waals surface area contributed by atoms with Crippen LogP contribution >= 0.6 is 0 Å². The summed E-state index contributed by atoms with van der Waals surface area (Å²) in [6.07, 6.45) is 0.771. The Hall–Kier alpha value is -3.46. The van der Waals surface area contributed by atoms with E-state index in [1.165, 1.54) is 31.4 Å². The number of carbonyl (C=O) groups excluding carboxylic acids is 2. The molecule has 2 N–H and O–H groups in total. The zero-order chi connectivity index (χ0) is 21.2. The minimum Gasteiger partial charge on any atom is -0.495 e. The van der Waals surface area contributed by atoms with Crippen molar-refractivity contribution in [1.29, 1.82) is 0 Å². The fourth-order valence-electron chi connectivity index (χ4n) is 2.74. The Balaban J connectivity index is 1.93. The molecule has 0 unspecified atom stereocenters. The first-order valence-electron chi connectivity index (χ1n) is 9.12. The lowest BCUT2D eigenvalue weighted by molar-refractivity contribution is -0.384. The van der Waals surface area contributed by atoms with E-state index in [0.717, 1.165) is 6.42 Å². The number of para-hydroxylation sites is 2. The molecule has 29 heavy (non-hydrogen) atoms. The minimum absolute atomic E-state index is 0.0180. The summed E-state index contributed by atoms with van der Waals surface area (Å²) in [7, 11) is 1.52. The maximum absolute atomic E-state index is 12.4. The van der Waals surface area contributed by atoms with Crippen LogP contribution in [0.5, 0.6) is 5.75 Å². The Morgan fingerprint density at radius 1 is 1.03 bits per heavy atom. The molecule has 2 rings (SSSR count). The first-order chi connectivity index (χ1) is 13.9. The third kappa shape index (κ3) is 6.89. The van der Waals surface area contributed by atoms with Crippen molar-refractivity contribution in [3.05, 3.63) is 58.6 Å². The number of amides is 2. The number of rotatable bonds is 10. The predicted molar refractivity (Wildman–Crippen MR) is 110 cm³/mol. The van der Waals surface area contributed by atoms with Crippen molar-refractivity contribution in [3.63, 3.8) is 0 Å². The highest BCUT2D eigenvalue weighted by molar-refractivity contribution is 5.95. The molecular formula is C20H24N4O5. The van der Waals surface area contributed by atoms with Gasteiger partial charge in [-0.2, -0.15) is 0 Å². The van der Waals surface area contributed by atoms with Crippen molar-refractivity contribution in [2.24, 2.45) is 0 Å². The number of nitrogens with zero attached hydrogens (tertiary/aromatic N) is 2. The van der Waals surface area contributed by atoms with Crippen molar-refractivity contribution in [2.75, 3.05) is 37.4 Å². The quantitative estimate of drug-likeness (QED) is 0.468. The van der Waals surface area contributed by atoms with E-state index >= 15 is 0 Å². The number of methoxy groups -OCH3 is 1. The lowest BCUT2D eigenvalue weighted by atomic mass is 10.2. The first kappa shape index (κ1) is 21.8. The number of non-ortho nitro benzene ring substituents is 1. The molecule has 0 fully saturated rings. The van der Waals surface area contributed by atoms with Gasteiger partial charge < -0.3 is 15.4 Å². The molecule has 2 aromatic rings. The summed E-state index contributed by atoms with van der Waals surface area (Å²) >= 11 is 0. The number of carbonyl (C=O) groups is 2. The molecule has 0 bridgehead atoms. The Morgan fingerprint density at radius 2 is 1.66 bits per heavy atom. The Labute approximate surface area is 168 Å². The van der Waals surface area contributed by atoms with Crippen LogP contribution in [-0.2, 0) is 9.59 Å². The van der Waals surface area contributed by atoms with E-state index in [9.17, 15) is 19.7 Å². The van der Waals surface area contributed by atoms with Gasteiger partial charge in [0.25, 0.3) is 5.69 Å². The van der Waals surface area contributed by atoms with Crippen LogP contribution in [0, 0.1) is 10.1 Å². The summed E-state index contributed by atoms with van der Waals surface area (Å²) in [6.45, 7) is 2.58. The zero-order valence-electron chi connectivity index (χ0n) is 16.4. The van der Waals surface area contributed by atoms with Crippen LogP contribution in [0.25, 0.3) is 0 Å². The van der Waals surface area contributed by atoms with E-state index in [1.54, 1.807) is 29.2 Å². The van der Waals surface area contributed by atoms with E-state index in [0.29, 0.717) is 23.7 Å². The van der Waals surface area contributed by atoms with Gasteiger partial charge in [-0.3, -0.25) is 24.6 Å². The van der Waals surface area contributed by atoms with Gasteiger partial charge in [-0.1, -0.05) is 19.1 Å². The largest absolute Gasteiger partial charge is 0.495 e. The van der Waals surface area contributed by atoms with Gasteiger partial charge >= 0.3 is 0 Å². The molecule has 9 nitrogen and oxygen atoms in total. The Bertz CT molecular complexity index is 854. The number of hydrogen-bond donors (Lipinski definition) is 2. The van der Waals surface area contributed by atoms with Crippen molar-refractivity contribution < 1.29 is 19.2 Å². The molecule has 0 saturated heterocycles. The molecule has 0 aliphatic carbocycles. The molecule has 2 amide bonds. The third-order valence-corrected chi connectivity index (χ3v) is 4.02. The zero-order valence-corrected chi connectivity index (χ0v) is 16.4. The Morgan fingerprint density at radius 3 is 2.24 bits per heavy atom. The number of nitrogens with one attached hydrogen (secondary N) is 2. The number of anilines is 2. The van der Waals surface area contributed by atoms with Gasteiger partial charge in [-0.25, -0.2) is 0 Å². The summed E-state index contributed by atoms with van der Waals surface area (Å²) in [4.78, 5) is 36.6. The molecular weight excluding hydrogens is 376 g/mol. The van der Waals surface area contributed by atoms with E-state index in [4.69, 9.17) is 4.74 Å². The molecule has 0 aliphatic rings. The van der Waals surface area contributed by atoms with Crippen molar-refractivity contribution in [3.8, 4) is 5.75 Å². The molecule has 9 heteroatoms. The van der Waals surface area contributed by atoms with Crippen LogP contribution in [0.15, 0.2) is 48.5 Å². The third-order valence-electron chi connectivity index (χ3n) is 4.02. The molecule has 0 radical (unpaired) electrons. The number of nitro groups is 1. The maximum Gasteiger partial charge on any atom is 0.269 e. The topological polar surface area (TPSA) is 114 Å². The fraction of sp³-hybridized carbons (Fsp3) is 0.300. The lowest BCUT2D eigenvalue weighted by Crippen LogP contribution is -2.39. The summed E-state index contributed by atoms with van der Waals surface area (Å²) in [5.74, 6) is -0.0118. The standard InChI is InChI=1S/C20H24N4O5/c1-3-12-23(14-20(26)22-17-6-4-5-7-18(17)29-2)13-19(25)21-15-8-10-16(11-9-15)24(27)28/h4-11H,3,12-14H2,1-2H3,(H,21,25)(H,22,26). The van der Waals surface area contributed by atoms with Gasteiger partial charge in [-0.05, 0) is 37.2 Å². The van der Waals surface area contributed by atoms with Gasteiger partial charge in [0.2, 0.25) is 11.8 Å². The summed E-state index contributed by atoms with van der Waals surface area (Å²) < 4.78 is 5.22. The van der Waals surface area contributed by atoms with Crippen LogP contribution in [0.4, 0.5) is 17.1 Å². The van der Waals surface area contributed by atoms with Gasteiger partial charge in [0.15, 0.2) is 0 Å². The van der Waals surface area contributed by atoms with E-state index in [2.05, 4.69) is 10.6 Å². The summed E-state index contributed by atoms with van der Waals surface area (Å²) in [5.41, 5.74) is 0.964. The number of ether oxygens (including phenoxy) is 1. The highest BCUT2D eigenvalue weighted by Gasteiger charge is 2.16. The SMILES string of the molecule is CCCN(CC(=O)Nc1ccc([N+](=O)[O-])cc1)CC(=O)Nc1ccccc1OC. The maximum atomic E-state index is 12.4. The first-order valence-corrected chi connectivity index (χ1v) is 9.12. The predicted octanol–water partition coefficient (Wildman–Crippen LogP) is 2.89. The molecule has 0 spiro atoms. The number of hydrogen-bond acceptors (Lipinski definition) is 6. The van der Waals surface area contributed by atoms with Gasteiger partial charge in [0, 0.05) is 17.8 Å². The van der Waals surface area contributed by atoms with Crippen molar-refractivity contribution in [1.82, 2.24) is 4.90 Å². The number of benzene rings is 2. The second-order valence-corrected chi connectivity index (χ2v) is 6.31. The van der Waals surface area contributed by atoms with Gasteiger partial charge in [0.1, 0.15) is 5.75 Å². The van der Waals surface area contributed by atoms with Crippen LogP contribution in [0.3, 0.4) is 0 Å². The minimum atomic E-state index is -0.505. The van der Waals surface area contributed by atoms with Gasteiger partial charge in [0.05, 0.1) is 30.8 Å². The molecule has 2 aromatic carbocycles. The second kappa shape index (κ2) is 10.8. The van der Waals surface area contributed by atoms with Crippen LogP contribution in [0.2, 0.25) is 0 Å². The summed E-state index contributed by atoms with van der Waals surface area (Å²) in [5, 5.41) is 16.2. The average Bonchev–Trinajstić information content (AvgIpc) is 2.68. The van der Waals surface area contributed by atoms with E-state index < -0.39 is 4.92 Å². The molecule has 0 atom stereocenters. The normalized spacial score (nSPS) is 10.4. The second-order valence-electron chi connectivity index (χ2n) is 6.31. The van der Waals surface area contributed by atoms with Crippen LogP contribution < -0.4 is 15.4 Å². The molecule has 0 heterocycles. The van der Waals surface area contributed by atoms with E-state index in [1.807, 2.05) is 6.92 Å². The van der Waals surface area contributed by atoms with Crippen LogP contribution in [-0.4, -0.2) is 48.4 Å². The highest BCUT2D eigenvalue weighted by Crippen LogP contribution is 2.22. The van der Waals surface area contributed by atoms with E-state index in [-0.39, 0.29) is 30.6 Å². The van der Waals surface area contributed by atoms with Crippen LogP contribution in [0.1, 0.15) is 13.3 Å². The van der Waals surface area contributed by atoms with Crippen molar-refractivity contribution in [2.45, 2.75) is 13.3 Å².